The van der Waals surface area contributed by atoms with Gasteiger partial charge in [0, 0.05) is 64.1 Å². The first-order valence-electron chi connectivity index (χ1n) is 11.1. The highest BCUT2D eigenvalue weighted by atomic mass is 16.7. The highest BCUT2D eigenvalue weighted by molar-refractivity contribution is 5.92. The lowest BCUT2D eigenvalue weighted by Gasteiger charge is -2.35. The molecule has 2 aromatic rings. The Morgan fingerprint density at radius 2 is 1.88 bits per heavy atom. The third kappa shape index (κ3) is 4.67. The summed E-state index contributed by atoms with van der Waals surface area (Å²) in [6.07, 6.45) is 6.86. The standard InChI is InChI=1S/C23H27N5O4/c29-22(5-8-28(18-2-3-18)23(30)19-14-24-6-7-25-19)27-11-9-26(10-12-27)15-17-1-4-20-21(13-17)32-16-31-20/h1,4,6-7,13-14,18H,2-3,5,8-12,15-16H2. The van der Waals surface area contributed by atoms with Crippen molar-refractivity contribution in [1.29, 1.82) is 0 Å². The number of hydrogen-bond donors (Lipinski definition) is 0. The first kappa shape index (κ1) is 20.7. The SMILES string of the molecule is O=C(CCN(C(=O)c1cnccn1)C1CC1)N1CCN(Cc2ccc3c(c2)OCO3)CC1. The van der Waals surface area contributed by atoms with Gasteiger partial charge in [-0.1, -0.05) is 6.07 Å². The van der Waals surface area contributed by atoms with Crippen molar-refractivity contribution < 1.29 is 19.1 Å². The molecule has 0 radical (unpaired) electrons. The van der Waals surface area contributed by atoms with E-state index in [1.54, 1.807) is 11.1 Å². The molecule has 2 aliphatic heterocycles. The van der Waals surface area contributed by atoms with Gasteiger partial charge in [-0.3, -0.25) is 19.5 Å². The molecule has 1 aromatic heterocycles. The number of fused-ring (bicyclic) bond motifs is 1. The van der Waals surface area contributed by atoms with E-state index in [1.807, 2.05) is 17.0 Å². The van der Waals surface area contributed by atoms with E-state index in [0.29, 0.717) is 31.7 Å². The molecule has 1 saturated carbocycles. The van der Waals surface area contributed by atoms with Crippen LogP contribution in [-0.4, -0.2) is 82.0 Å². The van der Waals surface area contributed by atoms with Crippen molar-refractivity contribution in [3.63, 3.8) is 0 Å². The number of aromatic nitrogens is 2. The van der Waals surface area contributed by atoms with E-state index in [0.717, 1.165) is 44.0 Å². The average Bonchev–Trinajstić information content (AvgIpc) is 3.56. The van der Waals surface area contributed by atoms with E-state index < -0.39 is 0 Å². The van der Waals surface area contributed by atoms with Gasteiger partial charge >= 0.3 is 0 Å². The Labute approximate surface area is 186 Å². The molecule has 32 heavy (non-hydrogen) atoms. The minimum atomic E-state index is -0.137. The maximum absolute atomic E-state index is 12.8. The third-order valence-corrected chi connectivity index (χ3v) is 6.17. The lowest BCUT2D eigenvalue weighted by Crippen LogP contribution is -2.49. The van der Waals surface area contributed by atoms with Crippen molar-refractivity contribution in [3.8, 4) is 11.5 Å². The largest absolute Gasteiger partial charge is 0.454 e. The van der Waals surface area contributed by atoms with Crippen molar-refractivity contribution in [1.82, 2.24) is 24.7 Å². The number of benzene rings is 1. The molecule has 0 bridgehead atoms. The summed E-state index contributed by atoms with van der Waals surface area (Å²) in [4.78, 5) is 39.7. The van der Waals surface area contributed by atoms with Gasteiger partial charge in [-0.25, -0.2) is 4.98 Å². The summed E-state index contributed by atoms with van der Waals surface area (Å²) in [6, 6.07) is 6.26. The van der Waals surface area contributed by atoms with Gasteiger partial charge in [-0.05, 0) is 30.5 Å². The summed E-state index contributed by atoms with van der Waals surface area (Å²) in [7, 11) is 0. The normalized spacial score (nSPS) is 17.9. The minimum Gasteiger partial charge on any atom is -0.454 e. The first-order valence-corrected chi connectivity index (χ1v) is 11.1. The Balaban J connectivity index is 1.10. The van der Waals surface area contributed by atoms with Gasteiger partial charge in [-0.2, -0.15) is 0 Å². The summed E-state index contributed by atoms with van der Waals surface area (Å²) in [5.74, 6) is 1.56. The molecule has 9 nitrogen and oxygen atoms in total. The zero-order chi connectivity index (χ0) is 21.9. The van der Waals surface area contributed by atoms with Gasteiger partial charge in [0.15, 0.2) is 11.5 Å². The number of hydrogen-bond acceptors (Lipinski definition) is 7. The van der Waals surface area contributed by atoms with Crippen LogP contribution in [0.3, 0.4) is 0 Å². The lowest BCUT2D eigenvalue weighted by molar-refractivity contribution is -0.133. The zero-order valence-corrected chi connectivity index (χ0v) is 18.0. The van der Waals surface area contributed by atoms with E-state index in [4.69, 9.17) is 9.47 Å². The van der Waals surface area contributed by atoms with Gasteiger partial charge in [-0.15, -0.1) is 0 Å². The molecule has 3 aliphatic rings. The summed E-state index contributed by atoms with van der Waals surface area (Å²) >= 11 is 0. The molecule has 0 atom stereocenters. The molecule has 2 fully saturated rings. The Hall–Kier alpha value is -3.20. The molecule has 0 N–H and O–H groups in total. The summed E-state index contributed by atoms with van der Waals surface area (Å²) < 4.78 is 10.8. The Morgan fingerprint density at radius 1 is 1.06 bits per heavy atom. The van der Waals surface area contributed by atoms with Crippen LogP contribution < -0.4 is 9.47 Å². The predicted molar refractivity (Wildman–Crippen MR) is 115 cm³/mol. The molecule has 0 spiro atoms. The smallest absolute Gasteiger partial charge is 0.274 e. The predicted octanol–water partition coefficient (Wildman–Crippen LogP) is 1.54. The number of nitrogens with zero attached hydrogens (tertiary/aromatic N) is 5. The molecule has 0 unspecified atom stereocenters. The van der Waals surface area contributed by atoms with Crippen LogP contribution in [0.2, 0.25) is 0 Å². The molecular formula is C23H27N5O4. The van der Waals surface area contributed by atoms with Crippen molar-refractivity contribution in [3.05, 3.63) is 48.0 Å². The highest BCUT2D eigenvalue weighted by Crippen LogP contribution is 2.33. The first-order chi connectivity index (χ1) is 15.7. The molecule has 1 aliphatic carbocycles. The maximum Gasteiger partial charge on any atom is 0.274 e. The van der Waals surface area contributed by atoms with E-state index in [2.05, 4.69) is 20.9 Å². The van der Waals surface area contributed by atoms with Crippen molar-refractivity contribution in [2.24, 2.45) is 0 Å². The lowest BCUT2D eigenvalue weighted by atomic mass is 10.1. The summed E-state index contributed by atoms with van der Waals surface area (Å²) in [5.41, 5.74) is 1.51. The van der Waals surface area contributed by atoms with Gasteiger partial charge in [0.2, 0.25) is 12.7 Å². The molecule has 1 aromatic carbocycles. The van der Waals surface area contributed by atoms with Crippen LogP contribution in [0.15, 0.2) is 36.8 Å². The van der Waals surface area contributed by atoms with Gasteiger partial charge in [0.1, 0.15) is 5.69 Å². The average molecular weight is 438 g/mol. The third-order valence-electron chi connectivity index (χ3n) is 6.17. The quantitative estimate of drug-likeness (QED) is 0.649. The second kappa shape index (κ2) is 9.12. The van der Waals surface area contributed by atoms with Crippen LogP contribution in [0.4, 0.5) is 0 Å². The minimum absolute atomic E-state index is 0.102. The molecule has 2 amide bonds. The van der Waals surface area contributed by atoms with Crippen LogP contribution in [0.25, 0.3) is 0 Å². The zero-order valence-electron chi connectivity index (χ0n) is 18.0. The van der Waals surface area contributed by atoms with Crippen LogP contribution >= 0.6 is 0 Å². The van der Waals surface area contributed by atoms with Crippen molar-refractivity contribution in [2.75, 3.05) is 39.5 Å². The summed E-state index contributed by atoms with van der Waals surface area (Å²) in [5, 5.41) is 0. The maximum atomic E-state index is 12.8. The molecule has 168 valence electrons. The van der Waals surface area contributed by atoms with E-state index in [1.165, 1.54) is 18.0 Å². The fourth-order valence-electron chi connectivity index (χ4n) is 4.22. The second-order valence-corrected chi connectivity index (χ2v) is 8.41. The van der Waals surface area contributed by atoms with Crippen LogP contribution in [0, 0.1) is 0 Å². The molecule has 3 heterocycles. The van der Waals surface area contributed by atoms with Crippen LogP contribution in [0.5, 0.6) is 11.5 Å². The number of rotatable bonds is 7. The van der Waals surface area contributed by atoms with Gasteiger partial charge in [0.25, 0.3) is 5.91 Å². The number of piperazine rings is 1. The fourth-order valence-corrected chi connectivity index (χ4v) is 4.22. The topological polar surface area (TPSA) is 88.1 Å². The second-order valence-electron chi connectivity index (χ2n) is 8.41. The monoisotopic (exact) mass is 437 g/mol. The molecule has 9 heteroatoms. The Kier molecular flexibility index (Phi) is 5.89. The number of carbonyl (C=O) groups excluding carboxylic acids is 2. The van der Waals surface area contributed by atoms with Gasteiger partial charge < -0.3 is 19.3 Å². The van der Waals surface area contributed by atoms with E-state index in [9.17, 15) is 9.59 Å². The number of ether oxygens (including phenoxy) is 2. The number of amides is 2. The Bertz CT molecular complexity index is 974. The Morgan fingerprint density at radius 3 is 2.62 bits per heavy atom. The molecule has 1 saturated heterocycles. The van der Waals surface area contributed by atoms with Crippen molar-refractivity contribution >= 4 is 11.8 Å². The van der Waals surface area contributed by atoms with E-state index >= 15 is 0 Å². The number of carbonyl (C=O) groups is 2. The van der Waals surface area contributed by atoms with Gasteiger partial charge in [0.05, 0.1) is 6.20 Å². The van der Waals surface area contributed by atoms with Crippen LogP contribution in [-0.2, 0) is 11.3 Å². The molecular weight excluding hydrogens is 410 g/mol. The van der Waals surface area contributed by atoms with E-state index in [-0.39, 0.29) is 24.6 Å². The van der Waals surface area contributed by atoms with Crippen molar-refractivity contribution in [2.45, 2.75) is 31.8 Å². The van der Waals surface area contributed by atoms with Crippen LogP contribution in [0.1, 0.15) is 35.3 Å². The fraction of sp³-hybridized carbons (Fsp3) is 0.478. The highest BCUT2D eigenvalue weighted by Gasteiger charge is 2.34. The summed E-state index contributed by atoms with van der Waals surface area (Å²) in [6.45, 7) is 4.57. The molecule has 5 rings (SSSR count).